The molecule has 2 N–H and O–H groups in total. The minimum absolute atomic E-state index is 0.299. The average Bonchev–Trinajstić information content (AvgIpc) is 3.20. The molecule has 7 heteroatoms. The van der Waals surface area contributed by atoms with Crippen LogP contribution in [-0.2, 0) is 16.6 Å². The summed E-state index contributed by atoms with van der Waals surface area (Å²) >= 11 is 1.19. The number of sulfonamides is 1. The zero-order valence-electron chi connectivity index (χ0n) is 11.5. The topological polar surface area (TPSA) is 71.3 Å². The van der Waals surface area contributed by atoms with E-state index in [1.165, 1.54) is 11.3 Å². The van der Waals surface area contributed by atoms with Gasteiger partial charge in [0.2, 0.25) is 0 Å². The molecule has 3 aromatic rings. The fraction of sp³-hybridized carbons (Fsp3) is 0.0667. The summed E-state index contributed by atoms with van der Waals surface area (Å²) in [4.78, 5) is 0. The van der Waals surface area contributed by atoms with E-state index < -0.39 is 10.0 Å². The van der Waals surface area contributed by atoms with E-state index in [9.17, 15) is 8.42 Å². The van der Waals surface area contributed by atoms with Crippen LogP contribution in [0.1, 0.15) is 5.76 Å². The van der Waals surface area contributed by atoms with Crippen LogP contribution < -0.4 is 10.0 Å². The van der Waals surface area contributed by atoms with E-state index >= 15 is 0 Å². The van der Waals surface area contributed by atoms with Gasteiger partial charge in [-0.05, 0) is 47.8 Å². The second-order valence-electron chi connectivity index (χ2n) is 4.55. The van der Waals surface area contributed by atoms with Gasteiger partial charge in [-0.2, -0.15) is 0 Å². The predicted octanol–water partition coefficient (Wildman–Crippen LogP) is 3.75. The van der Waals surface area contributed by atoms with Crippen LogP contribution in [0.15, 0.2) is 68.8 Å². The average molecular weight is 334 g/mol. The fourth-order valence-corrected chi connectivity index (χ4v) is 3.93. The molecule has 0 atom stereocenters. The molecule has 5 nitrogen and oxygen atoms in total. The van der Waals surface area contributed by atoms with Crippen LogP contribution >= 0.6 is 11.3 Å². The van der Waals surface area contributed by atoms with E-state index in [1.807, 2.05) is 24.3 Å². The van der Waals surface area contributed by atoms with Crippen molar-refractivity contribution in [2.24, 2.45) is 0 Å². The standard InChI is InChI=1S/C15H14N2O3S2/c18-22(19,15-4-2-10-21-15)17-13-7-5-12(6-8-13)16-11-14-3-1-9-20-14/h1-10,16-17H,11H2. The highest BCUT2D eigenvalue weighted by Crippen LogP contribution is 2.21. The van der Waals surface area contributed by atoms with Crippen molar-refractivity contribution in [3.63, 3.8) is 0 Å². The van der Waals surface area contributed by atoms with Gasteiger partial charge >= 0.3 is 0 Å². The lowest BCUT2D eigenvalue weighted by Gasteiger charge is -2.08. The van der Waals surface area contributed by atoms with Crippen molar-refractivity contribution in [2.45, 2.75) is 10.8 Å². The Balaban J connectivity index is 1.64. The Morgan fingerprint density at radius 3 is 2.41 bits per heavy atom. The Morgan fingerprint density at radius 2 is 1.77 bits per heavy atom. The molecule has 0 amide bonds. The highest BCUT2D eigenvalue weighted by atomic mass is 32.2. The van der Waals surface area contributed by atoms with E-state index in [1.54, 1.807) is 35.9 Å². The predicted molar refractivity (Wildman–Crippen MR) is 87.6 cm³/mol. The Labute approximate surface area is 132 Å². The second-order valence-corrected chi connectivity index (χ2v) is 7.40. The second kappa shape index (κ2) is 6.25. The molecule has 1 aromatic carbocycles. The molecule has 114 valence electrons. The third-order valence-electron chi connectivity index (χ3n) is 2.94. The molecule has 2 aromatic heterocycles. The first-order valence-electron chi connectivity index (χ1n) is 6.56. The largest absolute Gasteiger partial charge is 0.467 e. The van der Waals surface area contributed by atoms with Crippen LogP contribution in [-0.4, -0.2) is 8.42 Å². The normalized spacial score (nSPS) is 11.3. The molecule has 0 radical (unpaired) electrons. The summed E-state index contributed by atoms with van der Waals surface area (Å²) < 4.78 is 32.3. The van der Waals surface area contributed by atoms with E-state index in [-0.39, 0.29) is 0 Å². The Hall–Kier alpha value is -2.25. The number of thiophene rings is 1. The molecule has 0 spiro atoms. The zero-order chi connectivity index (χ0) is 15.4. The first-order valence-corrected chi connectivity index (χ1v) is 8.92. The van der Waals surface area contributed by atoms with Crippen molar-refractivity contribution in [3.05, 3.63) is 65.9 Å². The van der Waals surface area contributed by atoms with Crippen LogP contribution in [0.4, 0.5) is 11.4 Å². The smallest absolute Gasteiger partial charge is 0.271 e. The van der Waals surface area contributed by atoms with Crippen molar-refractivity contribution >= 4 is 32.7 Å². The van der Waals surface area contributed by atoms with E-state index in [4.69, 9.17) is 4.42 Å². The summed E-state index contributed by atoms with van der Waals surface area (Å²) in [6.45, 7) is 0.577. The van der Waals surface area contributed by atoms with Crippen molar-refractivity contribution in [3.8, 4) is 0 Å². The Bertz CT molecular complexity index is 808. The lowest BCUT2D eigenvalue weighted by molar-refractivity contribution is 0.518. The van der Waals surface area contributed by atoms with Gasteiger partial charge in [0.15, 0.2) is 0 Å². The molecule has 0 fully saturated rings. The van der Waals surface area contributed by atoms with Crippen LogP contribution in [0.25, 0.3) is 0 Å². The zero-order valence-corrected chi connectivity index (χ0v) is 13.2. The Morgan fingerprint density at radius 1 is 1.00 bits per heavy atom. The lowest BCUT2D eigenvalue weighted by Crippen LogP contribution is -2.11. The molecule has 0 aliphatic rings. The molecule has 3 rings (SSSR count). The van der Waals surface area contributed by atoms with Crippen LogP contribution in [0.3, 0.4) is 0 Å². The monoisotopic (exact) mass is 334 g/mol. The quantitative estimate of drug-likeness (QED) is 0.720. The summed E-state index contributed by atoms with van der Waals surface area (Å²) in [5, 5.41) is 4.93. The molecule has 0 unspecified atom stereocenters. The molecule has 0 saturated heterocycles. The van der Waals surface area contributed by atoms with Gasteiger partial charge in [0.1, 0.15) is 9.97 Å². The van der Waals surface area contributed by atoms with Gasteiger partial charge in [-0.3, -0.25) is 4.72 Å². The van der Waals surface area contributed by atoms with Crippen molar-refractivity contribution in [1.82, 2.24) is 0 Å². The van der Waals surface area contributed by atoms with E-state index in [0.29, 0.717) is 16.4 Å². The fourth-order valence-electron chi connectivity index (χ4n) is 1.88. The molecule has 2 heterocycles. The van der Waals surface area contributed by atoms with Crippen molar-refractivity contribution in [2.75, 3.05) is 10.0 Å². The van der Waals surface area contributed by atoms with Crippen molar-refractivity contribution < 1.29 is 12.8 Å². The summed E-state index contributed by atoms with van der Waals surface area (Å²) in [5.74, 6) is 0.836. The maximum Gasteiger partial charge on any atom is 0.271 e. The number of hydrogen-bond acceptors (Lipinski definition) is 5. The molecular weight excluding hydrogens is 320 g/mol. The van der Waals surface area contributed by atoms with Gasteiger partial charge in [0.25, 0.3) is 10.0 Å². The highest BCUT2D eigenvalue weighted by Gasteiger charge is 2.14. The van der Waals surface area contributed by atoms with E-state index in [2.05, 4.69) is 10.0 Å². The van der Waals surface area contributed by atoms with Gasteiger partial charge in [-0.25, -0.2) is 8.42 Å². The van der Waals surface area contributed by atoms with E-state index in [0.717, 1.165) is 11.4 Å². The molecule has 0 aliphatic heterocycles. The number of hydrogen-bond donors (Lipinski definition) is 2. The number of benzene rings is 1. The van der Waals surface area contributed by atoms with Crippen molar-refractivity contribution in [1.29, 1.82) is 0 Å². The molecular formula is C15H14N2O3S2. The number of anilines is 2. The maximum atomic E-state index is 12.1. The summed E-state index contributed by atoms with van der Waals surface area (Å²) in [5.41, 5.74) is 1.41. The maximum absolute atomic E-state index is 12.1. The summed E-state index contributed by atoms with van der Waals surface area (Å²) in [6, 6.07) is 14.1. The van der Waals surface area contributed by atoms with Crippen LogP contribution in [0, 0.1) is 0 Å². The Kier molecular flexibility index (Phi) is 4.17. The van der Waals surface area contributed by atoms with Crippen LogP contribution in [0.5, 0.6) is 0 Å². The molecule has 22 heavy (non-hydrogen) atoms. The number of rotatable bonds is 6. The number of nitrogens with one attached hydrogen (secondary N) is 2. The number of furan rings is 1. The first kappa shape index (κ1) is 14.7. The SMILES string of the molecule is O=S(=O)(Nc1ccc(NCc2ccco2)cc1)c1cccs1. The summed E-state index contributed by atoms with van der Waals surface area (Å²) in [7, 11) is -3.50. The summed E-state index contributed by atoms with van der Waals surface area (Å²) in [6.07, 6.45) is 1.62. The van der Waals surface area contributed by atoms with Crippen LogP contribution in [0.2, 0.25) is 0 Å². The highest BCUT2D eigenvalue weighted by molar-refractivity contribution is 7.94. The third-order valence-corrected chi connectivity index (χ3v) is 5.72. The molecule has 0 bridgehead atoms. The first-order chi connectivity index (χ1) is 10.6. The minimum Gasteiger partial charge on any atom is -0.467 e. The van der Waals surface area contributed by atoms with Gasteiger partial charge in [0, 0.05) is 11.4 Å². The molecule has 0 saturated carbocycles. The van der Waals surface area contributed by atoms with Gasteiger partial charge < -0.3 is 9.73 Å². The van der Waals surface area contributed by atoms with Gasteiger partial charge in [0.05, 0.1) is 12.8 Å². The van der Waals surface area contributed by atoms with Gasteiger partial charge in [-0.15, -0.1) is 11.3 Å². The molecule has 0 aliphatic carbocycles. The lowest BCUT2D eigenvalue weighted by atomic mass is 10.3. The third kappa shape index (κ3) is 3.49. The minimum atomic E-state index is -3.50. The van der Waals surface area contributed by atoms with Gasteiger partial charge in [-0.1, -0.05) is 6.07 Å².